The molecule has 2 aliphatic heterocycles. The van der Waals surface area contributed by atoms with E-state index in [0.717, 1.165) is 25.0 Å². The van der Waals surface area contributed by atoms with Crippen molar-refractivity contribution in [2.75, 3.05) is 49.7 Å². The lowest BCUT2D eigenvalue weighted by Gasteiger charge is -2.35. The molecule has 4 rings (SSSR count). The summed E-state index contributed by atoms with van der Waals surface area (Å²) in [6.45, 7) is 4.65. The maximum absolute atomic E-state index is 14.6. The summed E-state index contributed by atoms with van der Waals surface area (Å²) in [4.78, 5) is 54.1. The maximum Gasteiger partial charge on any atom is 0.303 e. The van der Waals surface area contributed by atoms with Gasteiger partial charge < -0.3 is 29.3 Å². The number of morpholine rings is 2. The molecule has 2 saturated heterocycles. The highest BCUT2D eigenvalue weighted by Gasteiger charge is 2.43. The predicted molar refractivity (Wildman–Crippen MR) is 135 cm³/mol. The number of halogens is 1. The van der Waals surface area contributed by atoms with Gasteiger partial charge in [0.25, 0.3) is 17.7 Å². The van der Waals surface area contributed by atoms with Crippen molar-refractivity contribution < 1.29 is 37.8 Å². The van der Waals surface area contributed by atoms with Gasteiger partial charge in [0.1, 0.15) is 5.82 Å². The van der Waals surface area contributed by atoms with Crippen molar-refractivity contribution in [2.24, 2.45) is 0 Å². The van der Waals surface area contributed by atoms with Crippen LogP contribution < -0.4 is 10.2 Å². The van der Waals surface area contributed by atoms with Crippen LogP contribution in [-0.4, -0.2) is 80.3 Å². The number of carbonyl (C=O) groups excluding carboxylic acids is 4. The molecule has 2 aliphatic rings. The number of nitrogens with one attached hydrogen (secondary N) is 1. The topological polar surface area (TPSA) is 114 Å². The summed E-state index contributed by atoms with van der Waals surface area (Å²) >= 11 is 0. The summed E-state index contributed by atoms with van der Waals surface area (Å²) in [6.07, 6.45) is -2.18. The predicted octanol–water partition coefficient (Wildman–Crippen LogP) is 2.16. The quantitative estimate of drug-likeness (QED) is 0.549. The molecule has 0 unspecified atom stereocenters. The Balaban J connectivity index is 1.55. The molecule has 0 aromatic heterocycles. The number of esters is 1. The molecule has 38 heavy (non-hydrogen) atoms. The molecule has 0 saturated carbocycles. The van der Waals surface area contributed by atoms with Crippen LogP contribution in [0, 0.1) is 5.82 Å². The van der Waals surface area contributed by atoms with E-state index >= 15 is 0 Å². The molecule has 0 spiro atoms. The largest absolute Gasteiger partial charge is 0.449 e. The normalized spacial score (nSPS) is 18.6. The lowest BCUT2D eigenvalue weighted by molar-refractivity contribution is -0.167. The first-order chi connectivity index (χ1) is 18.3. The van der Waals surface area contributed by atoms with Crippen LogP contribution in [0.3, 0.4) is 0 Å². The highest BCUT2D eigenvalue weighted by molar-refractivity contribution is 6.05. The Hall–Kier alpha value is -3.83. The maximum atomic E-state index is 14.6. The molecule has 202 valence electrons. The second kappa shape index (κ2) is 12.1. The molecule has 2 heterocycles. The van der Waals surface area contributed by atoms with Crippen molar-refractivity contribution in [3.8, 4) is 0 Å². The summed E-state index contributed by atoms with van der Waals surface area (Å²) in [6, 6.07) is 10.9. The van der Waals surface area contributed by atoms with Crippen molar-refractivity contribution >= 4 is 35.1 Å². The molecule has 0 bridgehead atoms. The minimum absolute atomic E-state index is 0.0246. The fourth-order valence-corrected chi connectivity index (χ4v) is 4.33. The third-order valence-corrected chi connectivity index (χ3v) is 6.37. The first kappa shape index (κ1) is 27.2. The van der Waals surface area contributed by atoms with Crippen molar-refractivity contribution in [1.29, 1.82) is 0 Å². The third kappa shape index (κ3) is 6.17. The molecule has 2 fully saturated rings. The van der Waals surface area contributed by atoms with Crippen molar-refractivity contribution in [1.82, 2.24) is 4.90 Å². The SMILES string of the molecule is CCc1ccc(NC(=O)[C@H](OC(C)=O)[C@H]2OCCN(c3ccc(F)c(C(=O)N4CCOCC4)c3)C2=O)cc1. The van der Waals surface area contributed by atoms with Crippen LogP contribution in [0.5, 0.6) is 0 Å². The van der Waals surface area contributed by atoms with E-state index in [4.69, 9.17) is 14.2 Å². The molecule has 11 heteroatoms. The Labute approximate surface area is 219 Å². The summed E-state index contributed by atoms with van der Waals surface area (Å²) < 4.78 is 30.7. The Kier molecular flexibility index (Phi) is 8.70. The highest BCUT2D eigenvalue weighted by atomic mass is 19.1. The second-order valence-corrected chi connectivity index (χ2v) is 8.92. The second-order valence-electron chi connectivity index (χ2n) is 8.92. The van der Waals surface area contributed by atoms with Gasteiger partial charge in [0.15, 0.2) is 6.10 Å². The summed E-state index contributed by atoms with van der Waals surface area (Å²) in [5.74, 6) is -3.37. The first-order valence-electron chi connectivity index (χ1n) is 12.4. The minimum atomic E-state index is -1.57. The third-order valence-electron chi connectivity index (χ3n) is 6.37. The average Bonchev–Trinajstić information content (AvgIpc) is 2.93. The Morgan fingerprint density at radius 1 is 1.08 bits per heavy atom. The molecule has 2 aromatic rings. The monoisotopic (exact) mass is 527 g/mol. The molecule has 0 radical (unpaired) electrons. The Bertz CT molecular complexity index is 1200. The zero-order valence-corrected chi connectivity index (χ0v) is 21.3. The number of aryl methyl sites for hydroxylation is 1. The van der Waals surface area contributed by atoms with Gasteiger partial charge in [0.2, 0.25) is 6.10 Å². The van der Waals surface area contributed by atoms with Gasteiger partial charge in [-0.15, -0.1) is 0 Å². The standard InChI is InChI=1S/C27H30FN3O7/c1-3-18-4-6-19(7-5-18)29-25(33)23(38-17(2)32)24-27(35)31(12-15-37-24)20-8-9-22(28)21(16-20)26(34)30-10-13-36-14-11-30/h4-9,16,23-24H,3,10-15H2,1-2H3,(H,29,33)/t23-,24-/m1/s1. The van der Waals surface area contributed by atoms with Gasteiger partial charge in [-0.2, -0.15) is 0 Å². The van der Waals surface area contributed by atoms with Crippen LogP contribution in [0.1, 0.15) is 29.8 Å². The van der Waals surface area contributed by atoms with Gasteiger partial charge >= 0.3 is 5.97 Å². The molecule has 2 aromatic carbocycles. The Morgan fingerprint density at radius 3 is 2.45 bits per heavy atom. The number of anilines is 2. The van der Waals surface area contributed by atoms with Crippen LogP contribution in [0.4, 0.5) is 15.8 Å². The van der Waals surface area contributed by atoms with E-state index in [1.54, 1.807) is 12.1 Å². The van der Waals surface area contributed by atoms with Crippen LogP contribution in [-0.2, 0) is 35.0 Å². The molecule has 1 N–H and O–H groups in total. The van der Waals surface area contributed by atoms with Gasteiger partial charge in [-0.25, -0.2) is 4.39 Å². The summed E-state index contributed by atoms with van der Waals surface area (Å²) in [7, 11) is 0. The average molecular weight is 528 g/mol. The highest BCUT2D eigenvalue weighted by Crippen LogP contribution is 2.25. The number of hydrogen-bond donors (Lipinski definition) is 1. The molecular weight excluding hydrogens is 497 g/mol. The van der Waals surface area contributed by atoms with E-state index in [9.17, 15) is 23.6 Å². The number of ether oxygens (including phenoxy) is 3. The van der Waals surface area contributed by atoms with Crippen LogP contribution >= 0.6 is 0 Å². The molecule has 0 aliphatic carbocycles. The molecular formula is C27H30FN3O7. The lowest BCUT2D eigenvalue weighted by Crippen LogP contribution is -2.56. The molecule has 10 nitrogen and oxygen atoms in total. The van der Waals surface area contributed by atoms with E-state index in [1.807, 2.05) is 19.1 Å². The number of amides is 3. The minimum Gasteiger partial charge on any atom is -0.449 e. The van der Waals surface area contributed by atoms with E-state index in [1.165, 1.54) is 21.9 Å². The van der Waals surface area contributed by atoms with E-state index in [0.29, 0.717) is 32.0 Å². The van der Waals surface area contributed by atoms with Gasteiger partial charge in [0, 0.05) is 37.9 Å². The summed E-state index contributed by atoms with van der Waals surface area (Å²) in [5.41, 5.74) is 1.63. The fraction of sp³-hybridized carbons (Fsp3) is 0.407. The molecule has 2 atom stereocenters. The van der Waals surface area contributed by atoms with Crippen LogP contribution in [0.25, 0.3) is 0 Å². The first-order valence-corrected chi connectivity index (χ1v) is 12.4. The van der Waals surface area contributed by atoms with Gasteiger partial charge in [-0.1, -0.05) is 19.1 Å². The Morgan fingerprint density at radius 2 is 1.79 bits per heavy atom. The van der Waals surface area contributed by atoms with Crippen molar-refractivity contribution in [3.05, 3.63) is 59.4 Å². The fourth-order valence-electron chi connectivity index (χ4n) is 4.33. The van der Waals surface area contributed by atoms with Crippen LogP contribution in [0.15, 0.2) is 42.5 Å². The smallest absolute Gasteiger partial charge is 0.303 e. The summed E-state index contributed by atoms with van der Waals surface area (Å²) in [5, 5.41) is 2.66. The zero-order valence-electron chi connectivity index (χ0n) is 21.3. The van der Waals surface area contributed by atoms with E-state index in [-0.39, 0.29) is 24.4 Å². The van der Waals surface area contributed by atoms with Gasteiger partial charge in [0.05, 0.1) is 25.4 Å². The molecule has 3 amide bonds. The number of carbonyl (C=O) groups is 4. The van der Waals surface area contributed by atoms with Crippen molar-refractivity contribution in [2.45, 2.75) is 32.5 Å². The van der Waals surface area contributed by atoms with Gasteiger partial charge in [-0.05, 0) is 42.3 Å². The number of nitrogens with zero attached hydrogens (tertiary/aromatic N) is 2. The van der Waals surface area contributed by atoms with Gasteiger partial charge in [-0.3, -0.25) is 19.2 Å². The number of hydrogen-bond acceptors (Lipinski definition) is 7. The number of rotatable bonds is 7. The van der Waals surface area contributed by atoms with Crippen LogP contribution in [0.2, 0.25) is 0 Å². The van der Waals surface area contributed by atoms with E-state index in [2.05, 4.69) is 5.32 Å². The van der Waals surface area contributed by atoms with Crippen molar-refractivity contribution in [3.63, 3.8) is 0 Å². The zero-order chi connectivity index (χ0) is 27.2. The lowest BCUT2D eigenvalue weighted by atomic mass is 10.1. The van der Waals surface area contributed by atoms with E-state index < -0.39 is 41.7 Å². The number of benzene rings is 2.